The van der Waals surface area contributed by atoms with Crippen molar-refractivity contribution < 1.29 is 88.5 Å². The van der Waals surface area contributed by atoms with Gasteiger partial charge >= 0.3 is 20.2 Å². The highest BCUT2D eigenvalue weighted by molar-refractivity contribution is 7.92. The number of nitrogens with zero attached hydrogens (tertiary/aromatic N) is 6. The number of carbonyl (C=O) groups is 2. The summed E-state index contributed by atoms with van der Waals surface area (Å²) < 4.78 is 225. The third-order valence-corrected chi connectivity index (χ3v) is 17.5. The smallest absolute Gasteiger partial charge is 0.404 e. The fraction of sp³-hybridized carbons (Fsp3) is 0.367. The van der Waals surface area contributed by atoms with E-state index in [1.54, 1.807) is 0 Å². The summed E-state index contributed by atoms with van der Waals surface area (Å²) in [4.78, 5) is 32.5. The molecular weight excluding hydrogens is 1170 g/mol. The predicted molar refractivity (Wildman–Crippen MR) is 266 cm³/mol. The van der Waals surface area contributed by atoms with Gasteiger partial charge in [-0.15, -0.1) is 0 Å². The zero-order valence-electron chi connectivity index (χ0n) is 42.1. The summed E-state index contributed by atoms with van der Waals surface area (Å²) in [5, 5.41) is 9.22. The number of hydrogen-bond acceptors (Lipinski definition) is 13. The van der Waals surface area contributed by atoms with Crippen molar-refractivity contribution in [3.63, 3.8) is 0 Å². The molecule has 2 aliphatic carbocycles. The Hall–Kier alpha value is -6.57. The molecule has 0 saturated heterocycles. The average molecular weight is 1210 g/mol. The highest BCUT2D eigenvalue weighted by atomic mass is 35.5. The Kier molecular flexibility index (Phi) is 16.2. The van der Waals surface area contributed by atoms with Crippen molar-refractivity contribution in [1.29, 1.82) is 0 Å². The molecule has 0 spiro atoms. The molecule has 428 valence electrons. The molecule has 1 fully saturated rings. The van der Waals surface area contributed by atoms with E-state index in [4.69, 9.17) is 25.2 Å². The maximum Gasteiger partial charge on any atom is 0.529 e. The lowest BCUT2D eigenvalue weighted by Gasteiger charge is -2.23. The Morgan fingerprint density at radius 2 is 1.57 bits per heavy atom. The summed E-state index contributed by atoms with van der Waals surface area (Å²) in [6.07, 6.45) is -11.1. The first-order valence-electron chi connectivity index (χ1n) is 23.4. The first-order valence-corrected chi connectivity index (χ1v) is 28.2. The molecule has 2 amide bonds. The minimum atomic E-state index is -5.23. The second kappa shape index (κ2) is 21.7. The van der Waals surface area contributed by atoms with Gasteiger partial charge in [-0.1, -0.05) is 35.7 Å². The summed E-state index contributed by atoms with van der Waals surface area (Å²) >= 11 is 6.71. The predicted octanol–water partition coefficient (Wildman–Crippen LogP) is 9.17. The van der Waals surface area contributed by atoms with Crippen LogP contribution in [0.2, 0.25) is 5.02 Å². The second-order valence-electron chi connectivity index (χ2n) is 19.1. The summed E-state index contributed by atoms with van der Waals surface area (Å²) in [5.74, 6) is -6.19. The SMILES string of the molecule is COP(=O)(OC)Oc1ccc(CC(=O)N(Cc2nn(CC(F)(F)F)c3c(-c4ccc(C#CC(C)(C)S(C)(=O)=O)nc4C(Cc4cc(F)cc(F)c4)NC(=O)Cn4nc(C(F)(F)F)c5c4C(F)(F)[C@@H]4C[C@H]54)ccc(Cl)c23)[SH](=O)=O)cc1. The number of aromatic nitrogens is 5. The summed E-state index contributed by atoms with van der Waals surface area (Å²) in [6.45, 7) is -1.75. The largest absolute Gasteiger partial charge is 0.529 e. The van der Waals surface area contributed by atoms with Crippen molar-refractivity contribution in [2.45, 2.75) is 87.7 Å². The number of hydrogen-bond donors (Lipinski definition) is 2. The van der Waals surface area contributed by atoms with Crippen LogP contribution >= 0.6 is 19.4 Å². The topological polar surface area (TPSA) is 211 Å². The number of amides is 2. The first-order chi connectivity index (χ1) is 37.1. The van der Waals surface area contributed by atoms with Gasteiger partial charge in [-0.3, -0.25) is 28.0 Å². The lowest BCUT2D eigenvalue weighted by Crippen LogP contribution is -2.35. The van der Waals surface area contributed by atoms with E-state index in [-0.39, 0.29) is 59.5 Å². The number of rotatable bonds is 18. The van der Waals surface area contributed by atoms with Crippen molar-refractivity contribution in [2.75, 3.05) is 20.5 Å². The molecule has 80 heavy (non-hydrogen) atoms. The van der Waals surface area contributed by atoms with Crippen LogP contribution in [0.3, 0.4) is 0 Å². The Morgan fingerprint density at radius 1 is 0.938 bits per heavy atom. The number of phosphoric ester groups is 1. The van der Waals surface area contributed by atoms with Crippen molar-refractivity contribution >= 4 is 62.9 Å². The van der Waals surface area contributed by atoms with E-state index in [1.165, 1.54) is 50.2 Å². The van der Waals surface area contributed by atoms with E-state index in [0.717, 1.165) is 44.7 Å². The second-order valence-corrected chi connectivity index (χ2v) is 24.8. The third kappa shape index (κ3) is 12.5. The van der Waals surface area contributed by atoms with Crippen LogP contribution in [0.15, 0.2) is 66.7 Å². The number of fused-ring (bicyclic) bond motifs is 4. The molecule has 3 atom stereocenters. The average Bonchev–Trinajstić information content (AvgIpc) is 4.09. The molecule has 1 unspecified atom stereocenters. The van der Waals surface area contributed by atoms with Gasteiger partial charge in [0.05, 0.1) is 40.9 Å². The molecule has 2 aliphatic rings. The van der Waals surface area contributed by atoms with E-state index < -0.39 is 159 Å². The van der Waals surface area contributed by atoms with Crippen LogP contribution in [0.1, 0.15) is 77.4 Å². The van der Waals surface area contributed by atoms with Crippen molar-refractivity contribution in [3.05, 3.63) is 129 Å². The van der Waals surface area contributed by atoms with Gasteiger partial charge in [0, 0.05) is 54.5 Å². The minimum absolute atomic E-state index is 0.0380. The molecule has 0 bridgehead atoms. The molecule has 0 radical (unpaired) electrons. The molecule has 6 aromatic rings. The van der Waals surface area contributed by atoms with Crippen LogP contribution < -0.4 is 9.84 Å². The lowest BCUT2D eigenvalue weighted by atomic mass is 9.93. The van der Waals surface area contributed by atoms with Gasteiger partial charge < -0.3 is 9.84 Å². The van der Waals surface area contributed by atoms with Gasteiger partial charge in [-0.25, -0.2) is 39.5 Å². The van der Waals surface area contributed by atoms with Crippen molar-refractivity contribution in [2.24, 2.45) is 5.92 Å². The number of carbonyl (C=O) groups excluding carboxylic acids is 2. The zero-order chi connectivity index (χ0) is 58.8. The molecule has 8 rings (SSSR count). The Labute approximate surface area is 455 Å². The van der Waals surface area contributed by atoms with Crippen LogP contribution in [-0.2, 0) is 88.5 Å². The molecule has 0 aliphatic heterocycles. The van der Waals surface area contributed by atoms with Crippen LogP contribution in [0.5, 0.6) is 5.75 Å². The van der Waals surface area contributed by atoms with Crippen LogP contribution in [0, 0.1) is 29.4 Å². The van der Waals surface area contributed by atoms with Gasteiger partial charge in [0.1, 0.15) is 46.6 Å². The van der Waals surface area contributed by atoms with Gasteiger partial charge in [-0.05, 0) is 92.1 Å². The molecule has 1 saturated carbocycles. The fourth-order valence-electron chi connectivity index (χ4n) is 9.05. The highest BCUT2D eigenvalue weighted by Crippen LogP contribution is 2.68. The number of alkyl halides is 8. The van der Waals surface area contributed by atoms with E-state index in [1.807, 2.05) is 0 Å². The van der Waals surface area contributed by atoms with Crippen molar-refractivity contribution in [1.82, 2.24) is 34.2 Å². The normalized spacial score (nSPS) is 16.5. The maximum atomic E-state index is 15.6. The maximum absolute atomic E-state index is 15.6. The van der Waals surface area contributed by atoms with E-state index >= 15 is 8.78 Å². The van der Waals surface area contributed by atoms with Crippen LogP contribution in [0.4, 0.5) is 43.9 Å². The van der Waals surface area contributed by atoms with E-state index in [9.17, 15) is 66.1 Å². The summed E-state index contributed by atoms with van der Waals surface area (Å²) in [5.41, 5.74) is -5.93. The standard InChI is InChI=1S/C49H43ClF10N7O10PS2/c1-46(2,80(5,73)74)15-14-29-8-11-31(42(61-29)36(18-26-16-27(51)20-28(52)17-26)62-38(68)23-65-45-40(44(64-65)49(58,59)60)33-21-34(33)48(45,56)57)32-12-13-35(50)41-37(63-66(43(32)41)24-47(53,54)55)22-67(79(71)72)39(69)19-25-6-9-30(10-7-25)77-78(70,75-3)76-4/h6-13,16-17,20,33-34,36,79H,18-19,21-24H2,1-5H3,(H,62,68)/t33-,34+,36?/m0/s1. The number of benzene rings is 3. The van der Waals surface area contributed by atoms with Gasteiger partial charge in [0.25, 0.3) is 5.92 Å². The molecular formula is C49H43ClF10N7O10PS2. The molecule has 1 N–H and O–H groups in total. The highest BCUT2D eigenvalue weighted by Gasteiger charge is 2.68. The number of phosphoric acid groups is 1. The van der Waals surface area contributed by atoms with E-state index in [0.29, 0.717) is 10.7 Å². The minimum Gasteiger partial charge on any atom is -0.404 e. The molecule has 3 heterocycles. The number of halogens is 11. The Morgan fingerprint density at radius 3 is 2.16 bits per heavy atom. The van der Waals surface area contributed by atoms with Gasteiger partial charge in [-0.2, -0.15) is 45.3 Å². The first kappa shape index (κ1) is 59.5. The molecule has 31 heteroatoms. The van der Waals surface area contributed by atoms with E-state index in [2.05, 4.69) is 32.3 Å². The number of sulfone groups is 1. The summed E-state index contributed by atoms with van der Waals surface area (Å²) in [7, 11) is -9.68. The third-order valence-electron chi connectivity index (χ3n) is 13.1. The quantitative estimate of drug-likeness (QED) is 0.0356. The van der Waals surface area contributed by atoms with Crippen LogP contribution in [-0.4, -0.2) is 88.9 Å². The molecule has 3 aromatic heterocycles. The molecule has 17 nitrogen and oxygen atoms in total. The molecule has 3 aromatic carbocycles. The van der Waals surface area contributed by atoms with Crippen molar-refractivity contribution in [3.8, 4) is 28.7 Å². The van der Waals surface area contributed by atoms with Gasteiger partial charge in [0.2, 0.25) is 22.7 Å². The monoisotopic (exact) mass is 1210 g/mol. The van der Waals surface area contributed by atoms with Crippen LogP contribution in [0.25, 0.3) is 22.0 Å². The van der Waals surface area contributed by atoms with Gasteiger partial charge in [0.15, 0.2) is 15.5 Å². The zero-order valence-corrected chi connectivity index (χ0v) is 45.4. The number of thiol groups is 1. The Bertz CT molecular complexity index is 3750. The summed E-state index contributed by atoms with van der Waals surface area (Å²) in [6, 6.07) is 10.1. The number of pyridine rings is 1. The lowest BCUT2D eigenvalue weighted by molar-refractivity contribution is -0.143. The Balaban J connectivity index is 1.27. The fourth-order valence-corrected chi connectivity index (χ4v) is 10.7. The number of nitrogens with one attached hydrogen (secondary N) is 1.